The first kappa shape index (κ1) is 19.6. The van der Waals surface area contributed by atoms with Crippen molar-refractivity contribution in [3.8, 4) is 5.69 Å². The molecule has 5 rings (SSSR count). The van der Waals surface area contributed by atoms with Crippen LogP contribution in [0.15, 0.2) is 49.1 Å². The van der Waals surface area contributed by atoms with Crippen LogP contribution < -0.4 is 10.6 Å². The summed E-state index contributed by atoms with van der Waals surface area (Å²) in [5, 5.41) is 4.10. The first-order valence-corrected chi connectivity index (χ1v) is 9.93. The first-order valence-electron chi connectivity index (χ1n) is 9.93. The summed E-state index contributed by atoms with van der Waals surface area (Å²) in [5.41, 5.74) is 8.51. The van der Waals surface area contributed by atoms with Gasteiger partial charge in [0.1, 0.15) is 18.8 Å². The lowest BCUT2D eigenvalue weighted by atomic mass is 10.1. The normalized spacial score (nSPS) is 19.3. The van der Waals surface area contributed by atoms with E-state index in [2.05, 4.69) is 15.1 Å². The van der Waals surface area contributed by atoms with Crippen molar-refractivity contribution in [2.45, 2.75) is 25.2 Å². The molecule has 2 aromatic heterocycles. The molecule has 0 bridgehead atoms. The van der Waals surface area contributed by atoms with E-state index in [0.717, 1.165) is 23.4 Å². The lowest BCUT2D eigenvalue weighted by Gasteiger charge is -2.34. The van der Waals surface area contributed by atoms with Gasteiger partial charge in [-0.05, 0) is 24.1 Å². The van der Waals surface area contributed by atoms with Crippen LogP contribution in [0, 0.1) is 11.6 Å². The Balaban J connectivity index is 1.53. The van der Waals surface area contributed by atoms with Crippen molar-refractivity contribution in [2.24, 2.45) is 5.73 Å². The van der Waals surface area contributed by atoms with Crippen molar-refractivity contribution in [3.63, 3.8) is 0 Å². The van der Waals surface area contributed by atoms with Gasteiger partial charge in [0.25, 0.3) is 0 Å². The van der Waals surface area contributed by atoms with Gasteiger partial charge in [-0.3, -0.25) is 0 Å². The number of nitrogens with two attached hydrogens (primary N) is 1. The molecular formula is C21H20F3N7. The summed E-state index contributed by atoms with van der Waals surface area (Å²) in [5.74, 6) is -1.39. The Morgan fingerprint density at radius 3 is 2.58 bits per heavy atom. The molecule has 2 atom stereocenters. The summed E-state index contributed by atoms with van der Waals surface area (Å²) < 4.78 is 45.2. The quantitative estimate of drug-likeness (QED) is 0.542. The van der Waals surface area contributed by atoms with Gasteiger partial charge in [0, 0.05) is 25.2 Å². The van der Waals surface area contributed by atoms with Gasteiger partial charge in [0.05, 0.1) is 29.3 Å². The van der Waals surface area contributed by atoms with Crippen LogP contribution >= 0.6 is 0 Å². The van der Waals surface area contributed by atoms with Gasteiger partial charge >= 0.3 is 0 Å². The van der Waals surface area contributed by atoms with Gasteiger partial charge in [-0.15, -0.1) is 0 Å². The second-order valence-corrected chi connectivity index (χ2v) is 7.67. The fraction of sp³-hybridized carbons (Fsp3) is 0.286. The maximum Gasteiger partial charge on any atom is 0.206 e. The van der Waals surface area contributed by atoms with E-state index in [1.54, 1.807) is 11.0 Å². The minimum Gasteiger partial charge on any atom is -0.340 e. The van der Waals surface area contributed by atoms with Crippen molar-refractivity contribution in [2.75, 3.05) is 18.0 Å². The van der Waals surface area contributed by atoms with Crippen molar-refractivity contribution >= 4 is 17.0 Å². The Morgan fingerprint density at radius 2 is 1.87 bits per heavy atom. The van der Waals surface area contributed by atoms with Crippen LogP contribution in [0.3, 0.4) is 0 Å². The second kappa shape index (κ2) is 7.69. The number of anilines is 1. The molecule has 1 fully saturated rings. The van der Waals surface area contributed by atoms with Crippen molar-refractivity contribution in [1.29, 1.82) is 0 Å². The highest BCUT2D eigenvalue weighted by molar-refractivity contribution is 5.79. The van der Waals surface area contributed by atoms with Crippen LogP contribution in [0.5, 0.6) is 0 Å². The molecule has 10 heteroatoms. The van der Waals surface area contributed by atoms with Crippen molar-refractivity contribution < 1.29 is 13.2 Å². The summed E-state index contributed by atoms with van der Waals surface area (Å²) in [6, 6.07) is 9.23. The van der Waals surface area contributed by atoms with Crippen LogP contribution in [0.4, 0.5) is 19.1 Å². The number of halogens is 3. The standard InChI is InChI=1S/C21H20F3N7/c22-15-5-6-29(10-18(15)25)21-28-19-7-16(23)17(24)8-20(19)30(21)9-13-1-3-14(4-2-13)31-12-26-11-27-31/h1-4,7-8,11-12,15,18H,5-6,9-10,25H2. The zero-order valence-electron chi connectivity index (χ0n) is 16.5. The number of hydrogen-bond acceptors (Lipinski definition) is 5. The molecule has 2 unspecified atom stereocenters. The lowest BCUT2D eigenvalue weighted by Crippen LogP contribution is -2.50. The third kappa shape index (κ3) is 3.63. The average molecular weight is 427 g/mol. The van der Waals surface area contributed by atoms with Gasteiger partial charge in [-0.2, -0.15) is 5.10 Å². The first-order chi connectivity index (χ1) is 15.0. The van der Waals surface area contributed by atoms with Gasteiger partial charge in [0.2, 0.25) is 5.95 Å². The van der Waals surface area contributed by atoms with E-state index in [1.165, 1.54) is 6.33 Å². The highest BCUT2D eigenvalue weighted by atomic mass is 19.2. The number of piperidine rings is 1. The van der Waals surface area contributed by atoms with E-state index in [1.807, 2.05) is 33.7 Å². The van der Waals surface area contributed by atoms with Crippen LogP contribution in [0.1, 0.15) is 12.0 Å². The minimum absolute atomic E-state index is 0.277. The topological polar surface area (TPSA) is 77.8 Å². The number of fused-ring (bicyclic) bond motifs is 1. The molecule has 2 aromatic carbocycles. The summed E-state index contributed by atoms with van der Waals surface area (Å²) >= 11 is 0. The predicted molar refractivity (Wildman–Crippen MR) is 110 cm³/mol. The van der Waals surface area contributed by atoms with E-state index < -0.39 is 23.8 Å². The Hall–Kier alpha value is -3.40. The zero-order valence-corrected chi connectivity index (χ0v) is 16.5. The van der Waals surface area contributed by atoms with Gasteiger partial charge in [-0.25, -0.2) is 27.8 Å². The van der Waals surface area contributed by atoms with Crippen molar-refractivity contribution in [1.82, 2.24) is 24.3 Å². The van der Waals surface area contributed by atoms with E-state index in [9.17, 15) is 13.2 Å². The number of aromatic nitrogens is 5. The second-order valence-electron chi connectivity index (χ2n) is 7.67. The molecule has 160 valence electrons. The summed E-state index contributed by atoms with van der Waals surface area (Å²) in [6.45, 7) is 1.08. The molecule has 0 saturated carbocycles. The summed E-state index contributed by atoms with van der Waals surface area (Å²) in [7, 11) is 0. The van der Waals surface area contributed by atoms with Gasteiger partial charge in [-0.1, -0.05) is 12.1 Å². The third-order valence-corrected chi connectivity index (χ3v) is 5.58. The number of alkyl halides is 1. The molecule has 0 amide bonds. The molecule has 1 aliphatic rings. The molecule has 2 N–H and O–H groups in total. The highest BCUT2D eigenvalue weighted by Gasteiger charge is 2.29. The fourth-order valence-electron chi connectivity index (χ4n) is 3.92. The predicted octanol–water partition coefficient (Wildman–Crippen LogP) is 2.82. The van der Waals surface area contributed by atoms with Crippen molar-refractivity contribution in [3.05, 3.63) is 66.3 Å². The number of imidazole rings is 1. The SMILES string of the molecule is NC1CN(c2nc3cc(F)c(F)cc3n2Cc2ccc(-n3cncn3)cc2)CCC1F. The third-order valence-electron chi connectivity index (χ3n) is 5.58. The zero-order chi connectivity index (χ0) is 21.5. The molecule has 3 heterocycles. The van der Waals surface area contributed by atoms with E-state index in [-0.39, 0.29) is 13.0 Å². The van der Waals surface area contributed by atoms with Crippen LogP contribution in [0.2, 0.25) is 0 Å². The lowest BCUT2D eigenvalue weighted by molar-refractivity contribution is 0.243. The Bertz CT molecular complexity index is 1200. The maximum absolute atomic E-state index is 14.0. The molecule has 4 aromatic rings. The summed E-state index contributed by atoms with van der Waals surface area (Å²) in [6.07, 6.45) is 2.26. The largest absolute Gasteiger partial charge is 0.340 e. The van der Waals surface area contributed by atoms with Gasteiger partial charge in [0.15, 0.2) is 11.6 Å². The molecule has 1 aliphatic heterocycles. The Morgan fingerprint density at radius 1 is 1.10 bits per heavy atom. The minimum atomic E-state index is -1.08. The smallest absolute Gasteiger partial charge is 0.206 e. The van der Waals surface area contributed by atoms with Crippen LogP contribution in [-0.4, -0.2) is 49.6 Å². The molecule has 0 spiro atoms. The molecule has 0 radical (unpaired) electrons. The molecule has 31 heavy (non-hydrogen) atoms. The number of benzene rings is 2. The molecule has 0 aliphatic carbocycles. The highest BCUT2D eigenvalue weighted by Crippen LogP contribution is 2.28. The van der Waals surface area contributed by atoms with E-state index >= 15 is 0 Å². The van der Waals surface area contributed by atoms with Gasteiger partial charge < -0.3 is 15.2 Å². The van der Waals surface area contributed by atoms with Crippen LogP contribution in [-0.2, 0) is 6.54 Å². The molecule has 1 saturated heterocycles. The van der Waals surface area contributed by atoms with Crippen LogP contribution in [0.25, 0.3) is 16.7 Å². The van der Waals surface area contributed by atoms with E-state index in [0.29, 0.717) is 30.1 Å². The molecule has 7 nitrogen and oxygen atoms in total. The molecular weight excluding hydrogens is 407 g/mol. The Labute approximate surface area is 175 Å². The van der Waals surface area contributed by atoms with E-state index in [4.69, 9.17) is 5.73 Å². The number of nitrogens with zero attached hydrogens (tertiary/aromatic N) is 6. The summed E-state index contributed by atoms with van der Waals surface area (Å²) in [4.78, 5) is 10.3. The monoisotopic (exact) mass is 427 g/mol. The number of hydrogen-bond donors (Lipinski definition) is 1. The maximum atomic E-state index is 14.0. The average Bonchev–Trinajstić information content (AvgIpc) is 3.41. The fourth-order valence-corrected chi connectivity index (χ4v) is 3.92. The Kier molecular flexibility index (Phi) is 4.85. The number of rotatable bonds is 4.